The summed E-state index contributed by atoms with van der Waals surface area (Å²) in [6, 6.07) is 7.82. The van der Waals surface area contributed by atoms with Gasteiger partial charge in [0.25, 0.3) is 0 Å². The highest BCUT2D eigenvalue weighted by molar-refractivity contribution is 6.31. The average molecular weight is 211 g/mol. The second-order valence-corrected chi connectivity index (χ2v) is 3.51. The van der Waals surface area contributed by atoms with Gasteiger partial charge >= 0.3 is 0 Å². The first-order chi connectivity index (χ1) is 6.79. The SMILES string of the molecule is C=CCCC(NN)c1ccccc1Cl. The van der Waals surface area contributed by atoms with Gasteiger partial charge in [0.05, 0.1) is 0 Å². The Morgan fingerprint density at radius 3 is 2.79 bits per heavy atom. The molecule has 3 N–H and O–H groups in total. The zero-order chi connectivity index (χ0) is 10.4. The molecule has 0 saturated carbocycles. The largest absolute Gasteiger partial charge is 0.271 e. The van der Waals surface area contributed by atoms with Crippen LogP contribution in [0.1, 0.15) is 24.4 Å². The highest BCUT2D eigenvalue weighted by Crippen LogP contribution is 2.25. The summed E-state index contributed by atoms with van der Waals surface area (Å²) >= 11 is 6.06. The summed E-state index contributed by atoms with van der Waals surface area (Å²) in [6.07, 6.45) is 3.70. The van der Waals surface area contributed by atoms with Crippen LogP contribution in [0.3, 0.4) is 0 Å². The van der Waals surface area contributed by atoms with Crippen LogP contribution in [0, 0.1) is 0 Å². The van der Waals surface area contributed by atoms with Crippen molar-refractivity contribution in [2.75, 3.05) is 0 Å². The summed E-state index contributed by atoms with van der Waals surface area (Å²) < 4.78 is 0. The molecule has 1 atom stereocenters. The van der Waals surface area contributed by atoms with E-state index in [1.165, 1.54) is 0 Å². The molecule has 0 aliphatic heterocycles. The Bertz CT molecular complexity index is 299. The Hall–Kier alpha value is -0.830. The van der Waals surface area contributed by atoms with Crippen LogP contribution in [-0.2, 0) is 0 Å². The topological polar surface area (TPSA) is 38.0 Å². The van der Waals surface area contributed by atoms with Crippen molar-refractivity contribution < 1.29 is 0 Å². The molecule has 76 valence electrons. The van der Waals surface area contributed by atoms with Crippen molar-refractivity contribution in [3.63, 3.8) is 0 Å². The van der Waals surface area contributed by atoms with Crippen LogP contribution in [0.15, 0.2) is 36.9 Å². The van der Waals surface area contributed by atoms with E-state index in [9.17, 15) is 0 Å². The molecule has 0 spiro atoms. The third-order valence-corrected chi connectivity index (χ3v) is 2.49. The molecule has 0 fully saturated rings. The normalized spacial score (nSPS) is 12.4. The minimum Gasteiger partial charge on any atom is -0.271 e. The fraction of sp³-hybridized carbons (Fsp3) is 0.273. The quantitative estimate of drug-likeness (QED) is 0.446. The number of nitrogens with one attached hydrogen (secondary N) is 1. The predicted octanol–water partition coefficient (Wildman–Crippen LogP) is 2.81. The van der Waals surface area contributed by atoms with Crippen LogP contribution in [-0.4, -0.2) is 0 Å². The number of hydrazine groups is 1. The molecule has 0 aromatic heterocycles. The first kappa shape index (κ1) is 11.2. The summed E-state index contributed by atoms with van der Waals surface area (Å²) in [4.78, 5) is 0. The van der Waals surface area contributed by atoms with E-state index in [2.05, 4.69) is 12.0 Å². The molecule has 1 unspecified atom stereocenters. The lowest BCUT2D eigenvalue weighted by Crippen LogP contribution is -2.28. The van der Waals surface area contributed by atoms with E-state index in [0.29, 0.717) is 0 Å². The van der Waals surface area contributed by atoms with E-state index in [1.54, 1.807) is 0 Å². The van der Waals surface area contributed by atoms with Crippen molar-refractivity contribution >= 4 is 11.6 Å². The number of hydrogen-bond donors (Lipinski definition) is 2. The summed E-state index contributed by atoms with van der Waals surface area (Å²) in [6.45, 7) is 3.68. The molecule has 1 rings (SSSR count). The maximum Gasteiger partial charge on any atom is 0.0477 e. The molecule has 1 aromatic carbocycles. The van der Waals surface area contributed by atoms with Gasteiger partial charge in [0.1, 0.15) is 0 Å². The molecule has 14 heavy (non-hydrogen) atoms. The van der Waals surface area contributed by atoms with Crippen LogP contribution in [0.25, 0.3) is 0 Å². The van der Waals surface area contributed by atoms with E-state index in [-0.39, 0.29) is 6.04 Å². The molecule has 0 heterocycles. The van der Waals surface area contributed by atoms with Crippen LogP contribution >= 0.6 is 11.6 Å². The highest BCUT2D eigenvalue weighted by Gasteiger charge is 2.11. The van der Waals surface area contributed by atoms with Gasteiger partial charge in [0.2, 0.25) is 0 Å². The Kier molecular flexibility index (Phi) is 4.66. The minimum absolute atomic E-state index is 0.0988. The van der Waals surface area contributed by atoms with Gasteiger partial charge in [-0.2, -0.15) is 0 Å². The summed E-state index contributed by atoms with van der Waals surface area (Å²) in [5.41, 5.74) is 3.80. The molecule has 0 saturated heterocycles. The lowest BCUT2D eigenvalue weighted by Gasteiger charge is -2.16. The van der Waals surface area contributed by atoms with Crippen molar-refractivity contribution in [3.8, 4) is 0 Å². The minimum atomic E-state index is 0.0988. The van der Waals surface area contributed by atoms with Crippen LogP contribution in [0.4, 0.5) is 0 Å². The zero-order valence-corrected chi connectivity index (χ0v) is 8.80. The number of allylic oxidation sites excluding steroid dienone is 1. The third-order valence-electron chi connectivity index (χ3n) is 2.14. The third kappa shape index (κ3) is 2.84. The van der Waals surface area contributed by atoms with Crippen molar-refractivity contribution in [1.82, 2.24) is 5.43 Å². The van der Waals surface area contributed by atoms with Gasteiger partial charge in [0.15, 0.2) is 0 Å². The predicted molar refractivity (Wildman–Crippen MR) is 60.9 cm³/mol. The van der Waals surface area contributed by atoms with Crippen molar-refractivity contribution in [1.29, 1.82) is 0 Å². The maximum atomic E-state index is 6.06. The molecule has 3 heteroatoms. The fourth-order valence-electron chi connectivity index (χ4n) is 1.37. The molecule has 1 aromatic rings. The molecule has 2 nitrogen and oxygen atoms in total. The second-order valence-electron chi connectivity index (χ2n) is 3.11. The molecule has 0 bridgehead atoms. The summed E-state index contributed by atoms with van der Waals surface area (Å²) in [5.74, 6) is 5.47. The first-order valence-corrected chi connectivity index (χ1v) is 4.99. The number of benzene rings is 1. The molecule has 0 radical (unpaired) electrons. The van der Waals surface area contributed by atoms with Gasteiger partial charge in [-0.05, 0) is 24.5 Å². The van der Waals surface area contributed by atoms with Crippen molar-refractivity contribution in [3.05, 3.63) is 47.5 Å². The molecule has 0 amide bonds. The Balaban J connectivity index is 2.78. The fourth-order valence-corrected chi connectivity index (χ4v) is 1.64. The van der Waals surface area contributed by atoms with E-state index >= 15 is 0 Å². The molecule has 0 aliphatic carbocycles. The summed E-state index contributed by atoms with van der Waals surface area (Å²) in [7, 11) is 0. The molecular formula is C11H15ClN2. The average Bonchev–Trinajstić information content (AvgIpc) is 2.21. The van der Waals surface area contributed by atoms with Crippen LogP contribution in [0.2, 0.25) is 5.02 Å². The standard InChI is InChI=1S/C11H15ClN2/c1-2-3-8-11(14-13)9-6-4-5-7-10(9)12/h2,4-7,11,14H,1,3,8,13H2. The number of rotatable bonds is 5. The Morgan fingerprint density at radius 2 is 2.21 bits per heavy atom. The molecular weight excluding hydrogens is 196 g/mol. The monoisotopic (exact) mass is 210 g/mol. The van der Waals surface area contributed by atoms with Gasteiger partial charge < -0.3 is 0 Å². The van der Waals surface area contributed by atoms with Crippen molar-refractivity contribution in [2.24, 2.45) is 5.84 Å². The van der Waals surface area contributed by atoms with Crippen LogP contribution < -0.4 is 11.3 Å². The van der Waals surface area contributed by atoms with E-state index in [1.807, 2.05) is 30.3 Å². The molecule has 0 aliphatic rings. The lowest BCUT2D eigenvalue weighted by atomic mass is 10.0. The number of hydrogen-bond acceptors (Lipinski definition) is 2. The van der Waals surface area contributed by atoms with E-state index in [4.69, 9.17) is 17.4 Å². The number of nitrogens with two attached hydrogens (primary N) is 1. The van der Waals surface area contributed by atoms with Gasteiger partial charge in [0, 0.05) is 11.1 Å². The number of halogens is 1. The second kappa shape index (κ2) is 5.81. The first-order valence-electron chi connectivity index (χ1n) is 4.61. The zero-order valence-electron chi connectivity index (χ0n) is 8.04. The van der Waals surface area contributed by atoms with Crippen LogP contribution in [0.5, 0.6) is 0 Å². The highest BCUT2D eigenvalue weighted by atomic mass is 35.5. The van der Waals surface area contributed by atoms with E-state index < -0.39 is 0 Å². The maximum absolute atomic E-state index is 6.06. The van der Waals surface area contributed by atoms with Crippen molar-refractivity contribution in [2.45, 2.75) is 18.9 Å². The van der Waals surface area contributed by atoms with Gasteiger partial charge in [-0.1, -0.05) is 35.9 Å². The summed E-state index contributed by atoms with van der Waals surface area (Å²) in [5, 5.41) is 0.750. The van der Waals surface area contributed by atoms with Gasteiger partial charge in [-0.15, -0.1) is 6.58 Å². The van der Waals surface area contributed by atoms with E-state index in [0.717, 1.165) is 23.4 Å². The van der Waals surface area contributed by atoms with Gasteiger partial charge in [-0.25, -0.2) is 0 Å². The Labute approximate surface area is 89.7 Å². The Morgan fingerprint density at radius 1 is 1.50 bits per heavy atom. The van der Waals surface area contributed by atoms with Gasteiger partial charge in [-0.3, -0.25) is 11.3 Å². The smallest absolute Gasteiger partial charge is 0.0477 e. The lowest BCUT2D eigenvalue weighted by molar-refractivity contribution is 0.521.